The number of carboxylic acids is 1. The number of aliphatic hydroxyl groups excluding tert-OH is 1. The van der Waals surface area contributed by atoms with Crippen LogP contribution in [-0.4, -0.2) is 11.1 Å². The van der Waals surface area contributed by atoms with Gasteiger partial charge in [0.2, 0.25) is 0 Å². The highest BCUT2D eigenvalue weighted by atomic mass is 16.4. The molecule has 0 heterocycles. The van der Waals surface area contributed by atoms with Crippen LogP contribution >= 0.6 is 0 Å². The average Bonchev–Trinajstić information content (AvgIpc) is 2.39. The van der Waals surface area contributed by atoms with Crippen LogP contribution in [-0.2, 0) is 6.61 Å². The second-order valence-electron chi connectivity index (χ2n) is 3.72. The maximum Gasteiger partial charge on any atom is 0.0715 e. The van der Waals surface area contributed by atoms with Crippen molar-refractivity contribution in [2.24, 2.45) is 0 Å². The van der Waals surface area contributed by atoms with E-state index in [4.69, 9.17) is 5.11 Å². The average molecular weight is 227 g/mol. The van der Waals surface area contributed by atoms with Crippen molar-refractivity contribution in [3.63, 3.8) is 0 Å². The van der Waals surface area contributed by atoms with Crippen LogP contribution < -0.4 is 5.11 Å². The summed E-state index contributed by atoms with van der Waals surface area (Å²) in [4.78, 5) is 10.7. The molecule has 17 heavy (non-hydrogen) atoms. The first-order chi connectivity index (χ1) is 8.20. The highest BCUT2D eigenvalue weighted by Crippen LogP contribution is 2.20. The Kier molecular flexibility index (Phi) is 3.21. The number of aromatic carboxylic acids is 1. The molecule has 0 aliphatic rings. The maximum atomic E-state index is 10.7. The van der Waals surface area contributed by atoms with Crippen molar-refractivity contribution in [3.8, 4) is 11.1 Å². The molecule has 0 fully saturated rings. The summed E-state index contributed by atoms with van der Waals surface area (Å²) < 4.78 is 0. The zero-order valence-corrected chi connectivity index (χ0v) is 9.09. The number of rotatable bonds is 3. The standard InChI is InChI=1S/C14H12O3/c15-9-10-4-6-11(7-5-10)12-2-1-3-13(8-12)14(16)17/h1-8,15H,9H2,(H,16,17)/p-1. The van der Waals surface area contributed by atoms with Crippen LogP contribution in [0, 0.1) is 0 Å². The second-order valence-corrected chi connectivity index (χ2v) is 3.72. The molecule has 3 heteroatoms. The van der Waals surface area contributed by atoms with Crippen LogP contribution in [0.25, 0.3) is 11.1 Å². The van der Waals surface area contributed by atoms with Crippen molar-refractivity contribution in [1.29, 1.82) is 0 Å². The van der Waals surface area contributed by atoms with Gasteiger partial charge in [-0.2, -0.15) is 0 Å². The highest BCUT2D eigenvalue weighted by Gasteiger charge is 2.00. The summed E-state index contributed by atoms with van der Waals surface area (Å²) in [7, 11) is 0. The Morgan fingerprint density at radius 1 is 1.06 bits per heavy atom. The number of carboxylic acid groups (broad SMARTS) is 1. The van der Waals surface area contributed by atoms with Gasteiger partial charge in [0.25, 0.3) is 0 Å². The van der Waals surface area contributed by atoms with Crippen LogP contribution in [0.5, 0.6) is 0 Å². The molecule has 1 N–H and O–H groups in total. The van der Waals surface area contributed by atoms with Gasteiger partial charge in [0.1, 0.15) is 0 Å². The van der Waals surface area contributed by atoms with Gasteiger partial charge >= 0.3 is 0 Å². The van der Waals surface area contributed by atoms with Gasteiger partial charge in [0.15, 0.2) is 0 Å². The van der Waals surface area contributed by atoms with Gasteiger partial charge in [0.05, 0.1) is 12.6 Å². The van der Waals surface area contributed by atoms with Crippen molar-refractivity contribution in [1.82, 2.24) is 0 Å². The van der Waals surface area contributed by atoms with E-state index >= 15 is 0 Å². The summed E-state index contributed by atoms with van der Waals surface area (Å²) in [5.41, 5.74) is 2.71. The third-order valence-corrected chi connectivity index (χ3v) is 2.57. The minimum atomic E-state index is -1.18. The first-order valence-corrected chi connectivity index (χ1v) is 5.22. The lowest BCUT2D eigenvalue weighted by Gasteiger charge is -2.06. The number of hydrogen-bond donors (Lipinski definition) is 1. The van der Waals surface area contributed by atoms with Gasteiger partial charge in [-0.3, -0.25) is 0 Å². The minimum Gasteiger partial charge on any atom is -0.545 e. The molecule has 86 valence electrons. The van der Waals surface area contributed by atoms with Crippen molar-refractivity contribution >= 4 is 5.97 Å². The lowest BCUT2D eigenvalue weighted by molar-refractivity contribution is -0.255. The van der Waals surface area contributed by atoms with Gasteiger partial charge in [-0.1, -0.05) is 42.5 Å². The van der Waals surface area contributed by atoms with E-state index < -0.39 is 5.97 Å². The van der Waals surface area contributed by atoms with Crippen molar-refractivity contribution in [2.75, 3.05) is 0 Å². The van der Waals surface area contributed by atoms with Gasteiger partial charge in [-0.05, 0) is 28.3 Å². The predicted octanol–water partition coefficient (Wildman–Crippen LogP) is 1.21. The molecule has 3 nitrogen and oxygen atoms in total. The topological polar surface area (TPSA) is 60.4 Å². The summed E-state index contributed by atoms with van der Waals surface area (Å²) in [6.45, 7) is -0.000629. The van der Waals surface area contributed by atoms with E-state index in [1.165, 1.54) is 6.07 Å². The van der Waals surface area contributed by atoms with E-state index in [0.717, 1.165) is 16.7 Å². The molecular formula is C14H11O3-. The molecule has 0 unspecified atom stereocenters. The van der Waals surface area contributed by atoms with E-state index in [0.29, 0.717) is 0 Å². The van der Waals surface area contributed by atoms with Crippen LogP contribution in [0.2, 0.25) is 0 Å². The molecule has 2 aromatic rings. The molecule has 0 saturated carbocycles. The Labute approximate surface area is 99.0 Å². The lowest BCUT2D eigenvalue weighted by atomic mass is 10.0. The Hall–Kier alpha value is -2.13. The molecule has 0 spiro atoms. The molecule has 0 bridgehead atoms. The second kappa shape index (κ2) is 4.80. The van der Waals surface area contributed by atoms with Crippen molar-refractivity contribution in [3.05, 3.63) is 59.7 Å². The zero-order valence-electron chi connectivity index (χ0n) is 9.09. The molecule has 0 saturated heterocycles. The molecule has 0 amide bonds. The summed E-state index contributed by atoms with van der Waals surface area (Å²) in [5, 5.41) is 19.7. The van der Waals surface area contributed by atoms with Gasteiger partial charge in [-0.15, -0.1) is 0 Å². The molecular weight excluding hydrogens is 216 g/mol. The number of hydrogen-bond acceptors (Lipinski definition) is 3. The number of carbonyl (C=O) groups excluding carboxylic acids is 1. The van der Waals surface area contributed by atoms with Crippen LogP contribution in [0.4, 0.5) is 0 Å². The van der Waals surface area contributed by atoms with Crippen molar-refractivity contribution in [2.45, 2.75) is 6.61 Å². The van der Waals surface area contributed by atoms with Gasteiger partial charge < -0.3 is 15.0 Å². The van der Waals surface area contributed by atoms with Gasteiger partial charge in [0, 0.05) is 0 Å². The Morgan fingerprint density at radius 3 is 2.35 bits per heavy atom. The van der Waals surface area contributed by atoms with Crippen LogP contribution in [0.1, 0.15) is 15.9 Å². The predicted molar refractivity (Wildman–Crippen MR) is 62.1 cm³/mol. The Bertz CT molecular complexity index is 529. The monoisotopic (exact) mass is 227 g/mol. The fourth-order valence-corrected chi connectivity index (χ4v) is 1.63. The molecule has 0 atom stereocenters. The van der Waals surface area contributed by atoms with Crippen LogP contribution in [0.15, 0.2) is 48.5 Å². The fraction of sp³-hybridized carbons (Fsp3) is 0.0714. The van der Waals surface area contributed by atoms with E-state index in [1.54, 1.807) is 24.3 Å². The Morgan fingerprint density at radius 2 is 1.76 bits per heavy atom. The number of carbonyl (C=O) groups is 1. The van der Waals surface area contributed by atoms with Crippen LogP contribution in [0.3, 0.4) is 0 Å². The van der Waals surface area contributed by atoms with Gasteiger partial charge in [-0.25, -0.2) is 0 Å². The molecule has 0 aliphatic carbocycles. The zero-order chi connectivity index (χ0) is 12.3. The lowest BCUT2D eigenvalue weighted by Crippen LogP contribution is -2.22. The smallest absolute Gasteiger partial charge is 0.0715 e. The highest BCUT2D eigenvalue weighted by molar-refractivity contribution is 5.87. The molecule has 2 rings (SSSR count). The number of benzene rings is 2. The SMILES string of the molecule is O=C([O-])c1cccc(-c2ccc(CO)cc2)c1. The molecule has 0 aromatic heterocycles. The third kappa shape index (κ3) is 2.52. The molecule has 2 aromatic carbocycles. The molecule has 0 radical (unpaired) electrons. The summed E-state index contributed by atoms with van der Waals surface area (Å²) in [5.74, 6) is -1.18. The summed E-state index contributed by atoms with van der Waals surface area (Å²) in [6.07, 6.45) is 0. The van der Waals surface area contributed by atoms with E-state index in [2.05, 4.69) is 0 Å². The summed E-state index contributed by atoms with van der Waals surface area (Å²) in [6, 6.07) is 13.9. The molecule has 0 aliphatic heterocycles. The minimum absolute atomic E-state index is 0.000629. The largest absolute Gasteiger partial charge is 0.545 e. The first-order valence-electron chi connectivity index (χ1n) is 5.22. The summed E-state index contributed by atoms with van der Waals surface area (Å²) >= 11 is 0. The van der Waals surface area contributed by atoms with E-state index in [-0.39, 0.29) is 12.2 Å². The van der Waals surface area contributed by atoms with E-state index in [9.17, 15) is 9.90 Å². The first kappa shape index (κ1) is 11.4. The van der Waals surface area contributed by atoms with E-state index in [1.807, 2.05) is 18.2 Å². The van der Waals surface area contributed by atoms with Crippen molar-refractivity contribution < 1.29 is 15.0 Å². The normalized spacial score (nSPS) is 10.2. The Balaban J connectivity index is 2.38. The fourth-order valence-electron chi connectivity index (χ4n) is 1.63. The number of aliphatic hydroxyl groups is 1. The maximum absolute atomic E-state index is 10.7. The third-order valence-electron chi connectivity index (χ3n) is 2.57. The quantitative estimate of drug-likeness (QED) is 0.857.